The Morgan fingerprint density at radius 3 is 2.42 bits per heavy atom. The Balaban J connectivity index is 1.96. The Bertz CT molecular complexity index is 537. The zero-order chi connectivity index (χ0) is 13.9. The van der Waals surface area contributed by atoms with Gasteiger partial charge in [-0.15, -0.1) is 11.3 Å². The van der Waals surface area contributed by atoms with Crippen molar-refractivity contribution in [3.63, 3.8) is 0 Å². The van der Waals surface area contributed by atoms with E-state index >= 15 is 0 Å². The van der Waals surface area contributed by atoms with E-state index in [1.807, 2.05) is 5.38 Å². The highest BCUT2D eigenvalue weighted by Crippen LogP contribution is 2.30. The van der Waals surface area contributed by atoms with Crippen molar-refractivity contribution in [2.45, 2.75) is 19.3 Å². The molecule has 0 aliphatic rings. The van der Waals surface area contributed by atoms with Gasteiger partial charge in [-0.05, 0) is 24.3 Å². The van der Waals surface area contributed by atoms with Crippen molar-refractivity contribution >= 4 is 11.3 Å². The Hall–Kier alpha value is -1.60. The summed E-state index contributed by atoms with van der Waals surface area (Å²) >= 11 is 1.43. The molecular formula is C12H11F3N2OS. The number of nitrogens with two attached hydrogens (primary N) is 1. The predicted octanol–water partition coefficient (Wildman–Crippen LogP) is 3.20. The number of nitrogens with zero attached hydrogens (tertiary/aromatic N) is 1. The second-order valence-electron chi connectivity index (χ2n) is 3.75. The highest BCUT2D eigenvalue weighted by atomic mass is 32.1. The van der Waals surface area contributed by atoms with Gasteiger partial charge in [-0.1, -0.05) is 0 Å². The first kappa shape index (κ1) is 13.8. The maximum atomic E-state index is 12.4. The molecular weight excluding hydrogens is 277 g/mol. The van der Waals surface area contributed by atoms with Crippen LogP contribution in [0.25, 0.3) is 0 Å². The van der Waals surface area contributed by atoms with Crippen LogP contribution in [0, 0.1) is 0 Å². The van der Waals surface area contributed by atoms with Crippen molar-refractivity contribution in [3.8, 4) is 5.75 Å². The number of ether oxygens (including phenoxy) is 1. The zero-order valence-corrected chi connectivity index (χ0v) is 10.6. The molecule has 102 valence electrons. The molecule has 19 heavy (non-hydrogen) atoms. The van der Waals surface area contributed by atoms with E-state index in [-0.39, 0.29) is 6.61 Å². The molecule has 2 aromatic rings. The molecule has 7 heteroatoms. The summed E-state index contributed by atoms with van der Waals surface area (Å²) in [5.41, 5.74) is 5.45. The van der Waals surface area contributed by atoms with Crippen LogP contribution in [0.4, 0.5) is 13.2 Å². The molecule has 2 rings (SSSR count). The highest BCUT2D eigenvalue weighted by Gasteiger charge is 2.29. The lowest BCUT2D eigenvalue weighted by molar-refractivity contribution is -0.137. The second kappa shape index (κ2) is 5.58. The van der Waals surface area contributed by atoms with Crippen LogP contribution in [-0.4, -0.2) is 4.98 Å². The number of hydrogen-bond acceptors (Lipinski definition) is 4. The molecule has 1 aromatic carbocycles. The number of rotatable bonds is 4. The second-order valence-corrected chi connectivity index (χ2v) is 4.69. The lowest BCUT2D eigenvalue weighted by Gasteiger charge is -2.08. The molecule has 0 bridgehead atoms. The number of benzene rings is 1. The molecule has 0 saturated carbocycles. The van der Waals surface area contributed by atoms with Gasteiger partial charge in [0.2, 0.25) is 0 Å². The number of halogens is 3. The van der Waals surface area contributed by atoms with Gasteiger partial charge in [-0.2, -0.15) is 13.2 Å². The van der Waals surface area contributed by atoms with Crippen molar-refractivity contribution in [1.82, 2.24) is 4.98 Å². The molecule has 0 atom stereocenters. The fourth-order valence-electron chi connectivity index (χ4n) is 1.41. The monoisotopic (exact) mass is 288 g/mol. The fraction of sp³-hybridized carbons (Fsp3) is 0.250. The first-order valence-corrected chi connectivity index (χ1v) is 6.30. The summed E-state index contributed by atoms with van der Waals surface area (Å²) in [7, 11) is 0. The molecule has 0 aliphatic carbocycles. The third-order valence-corrected chi connectivity index (χ3v) is 3.26. The first-order chi connectivity index (χ1) is 8.99. The SMILES string of the molecule is NCc1nc(COc2ccc(C(F)(F)F)cc2)cs1. The third-order valence-electron chi connectivity index (χ3n) is 2.34. The largest absolute Gasteiger partial charge is 0.487 e. The Kier molecular flexibility index (Phi) is 4.06. The molecule has 3 nitrogen and oxygen atoms in total. The minimum Gasteiger partial charge on any atom is -0.487 e. The lowest BCUT2D eigenvalue weighted by Crippen LogP contribution is -2.04. The van der Waals surface area contributed by atoms with E-state index in [0.29, 0.717) is 18.0 Å². The fourth-order valence-corrected chi connectivity index (χ4v) is 2.07. The van der Waals surface area contributed by atoms with E-state index in [4.69, 9.17) is 10.5 Å². The number of thiazole rings is 1. The average Bonchev–Trinajstić information content (AvgIpc) is 2.84. The summed E-state index contributed by atoms with van der Waals surface area (Å²) in [6.07, 6.45) is -4.33. The number of aromatic nitrogens is 1. The summed E-state index contributed by atoms with van der Waals surface area (Å²) in [4.78, 5) is 4.19. The van der Waals surface area contributed by atoms with Crippen LogP contribution in [0.3, 0.4) is 0 Å². The van der Waals surface area contributed by atoms with Gasteiger partial charge in [-0.3, -0.25) is 0 Å². The van der Waals surface area contributed by atoms with Crippen molar-refractivity contribution < 1.29 is 17.9 Å². The van der Waals surface area contributed by atoms with E-state index in [2.05, 4.69) is 4.98 Å². The van der Waals surface area contributed by atoms with Crippen molar-refractivity contribution in [3.05, 3.63) is 45.9 Å². The molecule has 0 radical (unpaired) electrons. The summed E-state index contributed by atoms with van der Waals surface area (Å²) in [5.74, 6) is 0.371. The Labute approximate surface area is 111 Å². The number of alkyl halides is 3. The minimum atomic E-state index is -4.33. The molecule has 1 aromatic heterocycles. The highest BCUT2D eigenvalue weighted by molar-refractivity contribution is 7.09. The normalized spacial score (nSPS) is 11.6. The third kappa shape index (κ3) is 3.68. The van der Waals surface area contributed by atoms with Gasteiger partial charge in [0.25, 0.3) is 0 Å². The molecule has 0 aliphatic heterocycles. The van der Waals surface area contributed by atoms with Crippen LogP contribution in [0.15, 0.2) is 29.6 Å². The van der Waals surface area contributed by atoms with E-state index in [1.165, 1.54) is 23.5 Å². The molecule has 0 amide bonds. The molecule has 0 fully saturated rings. The quantitative estimate of drug-likeness (QED) is 0.940. The van der Waals surface area contributed by atoms with Crippen molar-refractivity contribution in [2.75, 3.05) is 0 Å². The smallest absolute Gasteiger partial charge is 0.416 e. The van der Waals surface area contributed by atoms with Crippen molar-refractivity contribution in [2.24, 2.45) is 5.73 Å². The topological polar surface area (TPSA) is 48.1 Å². The van der Waals surface area contributed by atoms with Gasteiger partial charge < -0.3 is 10.5 Å². The van der Waals surface area contributed by atoms with Gasteiger partial charge in [0.15, 0.2) is 0 Å². The molecule has 0 spiro atoms. The predicted molar refractivity (Wildman–Crippen MR) is 65.8 cm³/mol. The van der Waals surface area contributed by atoms with Crippen LogP contribution in [0.2, 0.25) is 0 Å². The Morgan fingerprint density at radius 1 is 1.21 bits per heavy atom. The van der Waals surface area contributed by atoms with Gasteiger partial charge >= 0.3 is 6.18 Å². The minimum absolute atomic E-state index is 0.210. The molecule has 0 saturated heterocycles. The Morgan fingerprint density at radius 2 is 1.89 bits per heavy atom. The summed E-state index contributed by atoms with van der Waals surface area (Å²) in [6, 6.07) is 4.56. The first-order valence-electron chi connectivity index (χ1n) is 5.42. The standard InChI is InChI=1S/C12H11F3N2OS/c13-12(14,15)8-1-3-10(4-2-8)18-6-9-7-19-11(5-16)17-9/h1-4,7H,5-6,16H2. The van der Waals surface area contributed by atoms with Crippen LogP contribution in [0.5, 0.6) is 5.75 Å². The lowest BCUT2D eigenvalue weighted by atomic mass is 10.2. The summed E-state index contributed by atoms with van der Waals surface area (Å²) in [5, 5.41) is 2.61. The van der Waals surface area contributed by atoms with E-state index in [1.54, 1.807) is 0 Å². The van der Waals surface area contributed by atoms with Crippen LogP contribution in [0.1, 0.15) is 16.3 Å². The van der Waals surface area contributed by atoms with Crippen molar-refractivity contribution in [1.29, 1.82) is 0 Å². The summed E-state index contributed by atoms with van der Waals surface area (Å²) in [6.45, 7) is 0.576. The zero-order valence-electron chi connectivity index (χ0n) is 9.78. The van der Waals surface area contributed by atoms with Crippen LogP contribution >= 0.6 is 11.3 Å². The molecule has 2 N–H and O–H groups in total. The summed E-state index contributed by atoms with van der Waals surface area (Å²) < 4.78 is 42.4. The van der Waals surface area contributed by atoms with E-state index in [0.717, 1.165) is 17.1 Å². The van der Waals surface area contributed by atoms with Gasteiger partial charge in [-0.25, -0.2) is 4.98 Å². The van der Waals surface area contributed by atoms with Gasteiger partial charge in [0, 0.05) is 11.9 Å². The van der Waals surface area contributed by atoms with E-state index < -0.39 is 11.7 Å². The van der Waals surface area contributed by atoms with Crippen LogP contribution < -0.4 is 10.5 Å². The number of hydrogen-bond donors (Lipinski definition) is 1. The maximum absolute atomic E-state index is 12.4. The molecule has 1 heterocycles. The van der Waals surface area contributed by atoms with Crippen LogP contribution in [-0.2, 0) is 19.3 Å². The van der Waals surface area contributed by atoms with E-state index in [9.17, 15) is 13.2 Å². The molecule has 0 unspecified atom stereocenters. The average molecular weight is 288 g/mol. The van der Waals surface area contributed by atoms with Gasteiger partial charge in [0.05, 0.1) is 11.3 Å². The van der Waals surface area contributed by atoms with Gasteiger partial charge in [0.1, 0.15) is 17.4 Å². The maximum Gasteiger partial charge on any atom is 0.416 e.